The van der Waals surface area contributed by atoms with Crippen LogP contribution in [0.2, 0.25) is 5.02 Å². The molecule has 0 atom stereocenters. The molecule has 0 radical (unpaired) electrons. The van der Waals surface area contributed by atoms with Gasteiger partial charge in [0.1, 0.15) is 6.61 Å². The van der Waals surface area contributed by atoms with Gasteiger partial charge < -0.3 is 4.74 Å². The van der Waals surface area contributed by atoms with Gasteiger partial charge in [0.15, 0.2) is 0 Å². The molecule has 9 heteroatoms. The molecule has 38 heavy (non-hydrogen) atoms. The zero-order chi connectivity index (χ0) is 27.3. The number of aryl methyl sites for hydroxylation is 1. The van der Waals surface area contributed by atoms with Crippen molar-refractivity contribution in [2.45, 2.75) is 31.6 Å². The number of aromatic nitrogens is 2. The third-order valence-corrected chi connectivity index (χ3v) is 8.38. The van der Waals surface area contributed by atoms with Crippen LogP contribution in [0.4, 0.5) is 0 Å². The normalized spacial score (nSPS) is 11.6. The zero-order valence-electron chi connectivity index (χ0n) is 21.6. The van der Waals surface area contributed by atoms with E-state index in [2.05, 4.69) is 31.2 Å². The van der Waals surface area contributed by atoms with Crippen molar-refractivity contribution in [3.05, 3.63) is 89.4 Å². The number of rotatable bonds is 10. The van der Waals surface area contributed by atoms with Gasteiger partial charge in [-0.2, -0.15) is 9.40 Å². The molecule has 0 unspecified atom stereocenters. The number of carbonyl (C=O) groups excluding carboxylic acids is 1. The summed E-state index contributed by atoms with van der Waals surface area (Å²) in [6, 6.07) is 24.4. The summed E-state index contributed by atoms with van der Waals surface area (Å²) in [5.41, 5.74) is 5.52. The molecule has 7 nitrogen and oxygen atoms in total. The highest BCUT2D eigenvalue weighted by Crippen LogP contribution is 2.30. The monoisotopic (exact) mass is 551 g/mol. The second-order valence-electron chi connectivity index (χ2n) is 8.78. The Labute approximate surface area is 228 Å². The van der Waals surface area contributed by atoms with Crippen molar-refractivity contribution in [2.24, 2.45) is 0 Å². The average molecular weight is 552 g/mol. The number of halogens is 1. The summed E-state index contributed by atoms with van der Waals surface area (Å²) >= 11 is 6.08. The summed E-state index contributed by atoms with van der Waals surface area (Å²) in [4.78, 5) is 11.5. The predicted molar refractivity (Wildman–Crippen MR) is 150 cm³/mol. The number of esters is 1. The minimum absolute atomic E-state index is 0.00142. The number of nitrogens with zero attached hydrogens (tertiary/aromatic N) is 3. The molecule has 198 valence electrons. The number of benzene rings is 3. The number of sulfonamides is 1. The lowest BCUT2D eigenvalue weighted by Gasteiger charge is -2.17. The van der Waals surface area contributed by atoms with E-state index in [0.29, 0.717) is 5.02 Å². The summed E-state index contributed by atoms with van der Waals surface area (Å²) < 4.78 is 34.1. The molecule has 3 aromatic carbocycles. The van der Waals surface area contributed by atoms with Gasteiger partial charge in [0.25, 0.3) is 0 Å². The van der Waals surface area contributed by atoms with E-state index in [0.717, 1.165) is 34.6 Å². The van der Waals surface area contributed by atoms with E-state index in [1.165, 1.54) is 16.9 Å². The maximum atomic E-state index is 13.0. The van der Waals surface area contributed by atoms with Gasteiger partial charge in [-0.3, -0.25) is 4.79 Å². The summed E-state index contributed by atoms with van der Waals surface area (Å²) in [7, 11) is -2.29. The molecule has 0 fully saturated rings. The molecule has 1 heterocycles. The van der Waals surface area contributed by atoms with E-state index in [1.807, 2.05) is 35.0 Å². The Morgan fingerprint density at radius 3 is 2.18 bits per heavy atom. The molecule has 0 aliphatic heterocycles. The quantitative estimate of drug-likeness (QED) is 0.226. The first kappa shape index (κ1) is 27.6. The maximum absolute atomic E-state index is 13.0. The van der Waals surface area contributed by atoms with Gasteiger partial charge in [0.2, 0.25) is 10.0 Å². The largest absolute Gasteiger partial charge is 0.464 e. The first-order valence-corrected chi connectivity index (χ1v) is 14.2. The third kappa shape index (κ3) is 6.15. The highest BCUT2D eigenvalue weighted by atomic mass is 35.5. The molecule has 0 amide bonds. The molecule has 0 spiro atoms. The molecule has 0 bridgehead atoms. The minimum atomic E-state index is -3.75. The second kappa shape index (κ2) is 11.9. The standard InChI is InChI=1S/C29H30ClN3O4S/c1-4-21-6-8-23(9-7-21)28-20-27(22-10-12-24(30)13-11-22)31-33(28)25-14-16-26(17-15-25)38(35,36)32(3)18-19-37-29(34)5-2/h6-17,20H,4-5,18-19H2,1-3H3. The lowest BCUT2D eigenvalue weighted by molar-refractivity contribution is -0.143. The second-order valence-corrected chi connectivity index (χ2v) is 11.3. The van der Waals surface area contributed by atoms with Crippen LogP contribution >= 0.6 is 11.6 Å². The number of ether oxygens (including phenoxy) is 1. The van der Waals surface area contributed by atoms with E-state index in [4.69, 9.17) is 21.4 Å². The molecule has 0 saturated carbocycles. The Bertz CT molecular complexity index is 1500. The zero-order valence-corrected chi connectivity index (χ0v) is 23.2. The summed E-state index contributed by atoms with van der Waals surface area (Å²) in [6.07, 6.45) is 1.19. The van der Waals surface area contributed by atoms with Crippen molar-refractivity contribution in [3.63, 3.8) is 0 Å². The van der Waals surface area contributed by atoms with Crippen LogP contribution < -0.4 is 0 Å². The fourth-order valence-corrected chi connectivity index (χ4v) is 5.19. The highest BCUT2D eigenvalue weighted by Gasteiger charge is 2.21. The van der Waals surface area contributed by atoms with E-state index in [-0.39, 0.29) is 30.4 Å². The summed E-state index contributed by atoms with van der Waals surface area (Å²) in [6.45, 7) is 3.87. The fraction of sp³-hybridized carbons (Fsp3) is 0.241. The van der Waals surface area contributed by atoms with E-state index in [9.17, 15) is 13.2 Å². The summed E-state index contributed by atoms with van der Waals surface area (Å²) in [5, 5.41) is 5.50. The first-order valence-electron chi connectivity index (χ1n) is 12.4. The van der Waals surface area contributed by atoms with Crippen molar-refractivity contribution in [1.82, 2.24) is 14.1 Å². The first-order chi connectivity index (χ1) is 18.2. The van der Waals surface area contributed by atoms with Gasteiger partial charge in [-0.1, -0.05) is 61.8 Å². The molecule has 0 N–H and O–H groups in total. The van der Waals surface area contributed by atoms with Crippen molar-refractivity contribution >= 4 is 27.6 Å². The van der Waals surface area contributed by atoms with Crippen molar-refractivity contribution in [1.29, 1.82) is 0 Å². The van der Waals surface area contributed by atoms with Crippen LogP contribution in [0.3, 0.4) is 0 Å². The Kier molecular flexibility index (Phi) is 8.66. The lowest BCUT2D eigenvalue weighted by Crippen LogP contribution is -2.30. The van der Waals surface area contributed by atoms with Crippen LogP contribution in [-0.2, 0) is 26.0 Å². The molecule has 4 aromatic rings. The molecule has 0 saturated heterocycles. The van der Waals surface area contributed by atoms with Crippen LogP contribution in [0.15, 0.2) is 83.8 Å². The fourth-order valence-electron chi connectivity index (χ4n) is 3.91. The number of likely N-dealkylation sites (N-methyl/N-ethyl adjacent to an activating group) is 1. The third-order valence-electron chi connectivity index (χ3n) is 6.25. The molecule has 0 aliphatic rings. The molecule has 0 aliphatic carbocycles. The molecule has 1 aromatic heterocycles. The van der Waals surface area contributed by atoms with Crippen molar-refractivity contribution in [3.8, 4) is 28.2 Å². The smallest absolute Gasteiger partial charge is 0.305 e. The van der Waals surface area contributed by atoms with Crippen LogP contribution in [0.5, 0.6) is 0 Å². The van der Waals surface area contributed by atoms with Gasteiger partial charge in [0.05, 0.1) is 22.0 Å². The van der Waals surface area contributed by atoms with Crippen LogP contribution in [0, 0.1) is 0 Å². The van der Waals surface area contributed by atoms with Crippen molar-refractivity contribution < 1.29 is 17.9 Å². The van der Waals surface area contributed by atoms with E-state index < -0.39 is 10.0 Å². The van der Waals surface area contributed by atoms with Gasteiger partial charge in [-0.15, -0.1) is 0 Å². The van der Waals surface area contributed by atoms with Crippen LogP contribution in [0.1, 0.15) is 25.8 Å². The Morgan fingerprint density at radius 2 is 1.58 bits per heavy atom. The van der Waals surface area contributed by atoms with Crippen LogP contribution in [0.25, 0.3) is 28.2 Å². The predicted octanol–water partition coefficient (Wildman–Crippen LogP) is 6.00. The van der Waals surface area contributed by atoms with Crippen LogP contribution in [-0.4, -0.2) is 48.7 Å². The molecule has 4 rings (SSSR count). The topological polar surface area (TPSA) is 81.5 Å². The number of carbonyl (C=O) groups is 1. The Balaban J connectivity index is 1.66. The average Bonchev–Trinajstić information content (AvgIpc) is 3.38. The maximum Gasteiger partial charge on any atom is 0.305 e. The van der Waals surface area contributed by atoms with Gasteiger partial charge in [0, 0.05) is 36.2 Å². The van der Waals surface area contributed by atoms with Gasteiger partial charge >= 0.3 is 5.97 Å². The molecular formula is C29H30ClN3O4S. The number of hydrogen-bond acceptors (Lipinski definition) is 5. The number of hydrogen-bond donors (Lipinski definition) is 0. The lowest BCUT2D eigenvalue weighted by atomic mass is 10.1. The van der Waals surface area contributed by atoms with Crippen molar-refractivity contribution in [2.75, 3.05) is 20.2 Å². The van der Waals surface area contributed by atoms with Gasteiger partial charge in [-0.05, 0) is 54.4 Å². The van der Waals surface area contributed by atoms with Gasteiger partial charge in [-0.25, -0.2) is 13.1 Å². The molecular weight excluding hydrogens is 522 g/mol. The Morgan fingerprint density at radius 1 is 0.947 bits per heavy atom. The minimum Gasteiger partial charge on any atom is -0.464 e. The SMILES string of the molecule is CCC(=O)OCCN(C)S(=O)(=O)c1ccc(-n2nc(-c3ccc(Cl)cc3)cc2-c2ccc(CC)cc2)cc1. The highest BCUT2D eigenvalue weighted by molar-refractivity contribution is 7.89. The summed E-state index contributed by atoms with van der Waals surface area (Å²) in [5.74, 6) is -0.363. The Hall–Kier alpha value is -3.46. The van der Waals surface area contributed by atoms with E-state index >= 15 is 0 Å². The van der Waals surface area contributed by atoms with E-state index in [1.54, 1.807) is 31.2 Å².